The van der Waals surface area contributed by atoms with E-state index in [4.69, 9.17) is 0 Å². The Morgan fingerprint density at radius 2 is 1.75 bits per heavy atom. The summed E-state index contributed by atoms with van der Waals surface area (Å²) < 4.78 is 0. The highest BCUT2D eigenvalue weighted by molar-refractivity contribution is 5.91. The lowest BCUT2D eigenvalue weighted by Gasteiger charge is -2.34. The number of anilines is 2. The summed E-state index contributed by atoms with van der Waals surface area (Å²) in [5.74, 6) is 0.0744. The number of hydrogen-bond donors (Lipinski definition) is 2. The van der Waals surface area contributed by atoms with Crippen molar-refractivity contribution in [3.8, 4) is 0 Å². The molecule has 5 heteroatoms. The Kier molecular flexibility index (Phi) is 8.05. The molecule has 1 heterocycles. The number of nitrogens with zero attached hydrogens (tertiary/aromatic N) is 2. The van der Waals surface area contributed by atoms with Gasteiger partial charge in [0, 0.05) is 50.5 Å². The van der Waals surface area contributed by atoms with E-state index in [9.17, 15) is 4.79 Å². The molecule has 24 heavy (non-hydrogen) atoms. The topological polar surface area (TPSA) is 47.6 Å². The zero-order valence-electron chi connectivity index (χ0n) is 15.2. The van der Waals surface area contributed by atoms with E-state index in [0.29, 0.717) is 6.42 Å². The first-order valence-electron chi connectivity index (χ1n) is 9.23. The Morgan fingerprint density at radius 3 is 2.42 bits per heavy atom. The van der Waals surface area contributed by atoms with Gasteiger partial charge in [0.25, 0.3) is 0 Å². The van der Waals surface area contributed by atoms with Crippen molar-refractivity contribution in [2.45, 2.75) is 32.6 Å². The minimum Gasteiger partial charge on any atom is -0.369 e. The second kappa shape index (κ2) is 10.3. The van der Waals surface area contributed by atoms with Crippen molar-refractivity contribution < 1.29 is 4.79 Å². The van der Waals surface area contributed by atoms with Gasteiger partial charge in [0.1, 0.15) is 0 Å². The van der Waals surface area contributed by atoms with Crippen LogP contribution in [0.3, 0.4) is 0 Å². The molecule has 0 bridgehead atoms. The first kappa shape index (κ1) is 18.7. The molecule has 0 aliphatic carbocycles. The Hall–Kier alpha value is -1.59. The number of nitrogens with one attached hydrogen (secondary N) is 2. The van der Waals surface area contributed by atoms with E-state index in [2.05, 4.69) is 46.5 Å². The van der Waals surface area contributed by atoms with E-state index in [1.165, 1.54) is 24.9 Å². The lowest BCUT2D eigenvalue weighted by molar-refractivity contribution is -0.116. The van der Waals surface area contributed by atoms with Crippen molar-refractivity contribution in [2.24, 2.45) is 0 Å². The standard InChI is InChI=1S/C19H32N4O/c1-3-4-5-11-20-12-10-19(24)21-17-6-8-18(9-7-17)23-15-13-22(2)14-16-23/h6-9,20H,3-5,10-16H2,1-2H3,(H,21,24). The normalized spacial score (nSPS) is 15.5. The van der Waals surface area contributed by atoms with Crippen LogP contribution in [-0.2, 0) is 4.79 Å². The molecule has 0 unspecified atom stereocenters. The molecule has 0 spiro atoms. The maximum absolute atomic E-state index is 12.0. The summed E-state index contributed by atoms with van der Waals surface area (Å²) in [5, 5.41) is 6.30. The number of amides is 1. The summed E-state index contributed by atoms with van der Waals surface area (Å²) in [6, 6.07) is 8.20. The van der Waals surface area contributed by atoms with E-state index in [-0.39, 0.29) is 5.91 Å². The third kappa shape index (κ3) is 6.49. The van der Waals surface area contributed by atoms with Crippen LogP contribution < -0.4 is 15.5 Å². The van der Waals surface area contributed by atoms with Gasteiger partial charge in [-0.3, -0.25) is 4.79 Å². The van der Waals surface area contributed by atoms with Crippen LogP contribution >= 0.6 is 0 Å². The summed E-state index contributed by atoms with van der Waals surface area (Å²) in [6.45, 7) is 8.27. The van der Waals surface area contributed by atoms with Crippen molar-refractivity contribution in [1.82, 2.24) is 10.2 Å². The van der Waals surface area contributed by atoms with Crippen molar-refractivity contribution in [3.63, 3.8) is 0 Å². The van der Waals surface area contributed by atoms with Gasteiger partial charge in [-0.1, -0.05) is 19.8 Å². The number of likely N-dealkylation sites (N-methyl/N-ethyl adjacent to an activating group) is 1. The molecule has 5 nitrogen and oxygen atoms in total. The van der Waals surface area contributed by atoms with Crippen LogP contribution in [-0.4, -0.2) is 57.1 Å². The third-order valence-corrected chi connectivity index (χ3v) is 4.51. The van der Waals surface area contributed by atoms with Crippen LogP contribution in [0.5, 0.6) is 0 Å². The molecule has 0 saturated carbocycles. The Labute approximate surface area is 146 Å². The fourth-order valence-electron chi connectivity index (χ4n) is 2.87. The highest BCUT2D eigenvalue weighted by atomic mass is 16.1. The molecule has 1 aliphatic heterocycles. The monoisotopic (exact) mass is 332 g/mol. The lowest BCUT2D eigenvalue weighted by atomic mass is 10.2. The van der Waals surface area contributed by atoms with Gasteiger partial charge >= 0.3 is 0 Å². The number of unbranched alkanes of at least 4 members (excludes halogenated alkanes) is 2. The van der Waals surface area contributed by atoms with Gasteiger partial charge in [-0.25, -0.2) is 0 Å². The molecular weight excluding hydrogens is 300 g/mol. The molecule has 0 atom stereocenters. The SMILES string of the molecule is CCCCCNCCC(=O)Nc1ccc(N2CCN(C)CC2)cc1. The summed E-state index contributed by atoms with van der Waals surface area (Å²) in [5.41, 5.74) is 2.11. The second-order valence-corrected chi connectivity index (χ2v) is 6.59. The number of rotatable bonds is 9. The van der Waals surface area contributed by atoms with E-state index in [1.807, 2.05) is 12.1 Å². The van der Waals surface area contributed by atoms with Gasteiger partial charge in [0.15, 0.2) is 0 Å². The molecule has 134 valence electrons. The van der Waals surface area contributed by atoms with Crippen molar-refractivity contribution >= 4 is 17.3 Å². The van der Waals surface area contributed by atoms with E-state index >= 15 is 0 Å². The molecule has 1 amide bonds. The van der Waals surface area contributed by atoms with Crippen molar-refractivity contribution in [1.29, 1.82) is 0 Å². The number of carbonyl (C=O) groups is 1. The van der Waals surface area contributed by atoms with Gasteiger partial charge in [-0.05, 0) is 44.3 Å². The summed E-state index contributed by atoms with van der Waals surface area (Å²) in [4.78, 5) is 16.7. The van der Waals surface area contributed by atoms with Gasteiger partial charge < -0.3 is 20.4 Å². The quantitative estimate of drug-likeness (QED) is 0.682. The van der Waals surface area contributed by atoms with Gasteiger partial charge in [0.2, 0.25) is 5.91 Å². The zero-order valence-corrected chi connectivity index (χ0v) is 15.2. The molecule has 1 aromatic rings. The summed E-state index contributed by atoms with van der Waals surface area (Å²) >= 11 is 0. The van der Waals surface area contributed by atoms with Crippen molar-refractivity contribution in [3.05, 3.63) is 24.3 Å². The average molecular weight is 332 g/mol. The van der Waals surface area contributed by atoms with E-state index in [0.717, 1.165) is 45.0 Å². The predicted molar refractivity (Wildman–Crippen MR) is 102 cm³/mol. The maximum Gasteiger partial charge on any atom is 0.225 e. The molecular formula is C19H32N4O. The largest absolute Gasteiger partial charge is 0.369 e. The molecule has 0 radical (unpaired) electrons. The first-order valence-corrected chi connectivity index (χ1v) is 9.23. The molecule has 2 N–H and O–H groups in total. The molecule has 0 aromatic heterocycles. The second-order valence-electron chi connectivity index (χ2n) is 6.59. The third-order valence-electron chi connectivity index (χ3n) is 4.51. The van der Waals surface area contributed by atoms with E-state index in [1.54, 1.807) is 0 Å². The number of piperazine rings is 1. The van der Waals surface area contributed by atoms with Crippen LogP contribution in [0.25, 0.3) is 0 Å². The lowest BCUT2D eigenvalue weighted by Crippen LogP contribution is -2.44. The van der Waals surface area contributed by atoms with Gasteiger partial charge in [-0.15, -0.1) is 0 Å². The van der Waals surface area contributed by atoms with Crippen LogP contribution in [0.1, 0.15) is 32.6 Å². The Balaban J connectivity index is 1.68. The predicted octanol–water partition coefficient (Wildman–Crippen LogP) is 2.55. The first-order chi connectivity index (χ1) is 11.7. The fourth-order valence-corrected chi connectivity index (χ4v) is 2.87. The van der Waals surface area contributed by atoms with Gasteiger partial charge in [-0.2, -0.15) is 0 Å². The fraction of sp³-hybridized carbons (Fsp3) is 0.632. The van der Waals surface area contributed by atoms with Crippen LogP contribution in [0, 0.1) is 0 Å². The molecule has 1 saturated heterocycles. The Bertz CT molecular complexity index is 481. The minimum absolute atomic E-state index is 0.0744. The Morgan fingerprint density at radius 1 is 1.04 bits per heavy atom. The highest BCUT2D eigenvalue weighted by Gasteiger charge is 2.14. The minimum atomic E-state index is 0.0744. The average Bonchev–Trinajstić information content (AvgIpc) is 2.59. The molecule has 1 aliphatic rings. The van der Waals surface area contributed by atoms with Crippen LogP contribution in [0.15, 0.2) is 24.3 Å². The molecule has 1 aromatic carbocycles. The van der Waals surface area contributed by atoms with Crippen LogP contribution in [0.4, 0.5) is 11.4 Å². The van der Waals surface area contributed by atoms with Crippen LogP contribution in [0.2, 0.25) is 0 Å². The van der Waals surface area contributed by atoms with Gasteiger partial charge in [0.05, 0.1) is 0 Å². The maximum atomic E-state index is 12.0. The summed E-state index contributed by atoms with van der Waals surface area (Å²) in [6.07, 6.45) is 4.18. The molecule has 2 rings (SSSR count). The number of benzene rings is 1. The number of hydrogen-bond acceptors (Lipinski definition) is 4. The molecule has 1 fully saturated rings. The number of carbonyl (C=O) groups excluding carboxylic acids is 1. The smallest absolute Gasteiger partial charge is 0.225 e. The highest BCUT2D eigenvalue weighted by Crippen LogP contribution is 2.19. The van der Waals surface area contributed by atoms with E-state index < -0.39 is 0 Å². The van der Waals surface area contributed by atoms with Crippen molar-refractivity contribution in [2.75, 3.05) is 56.5 Å². The zero-order chi connectivity index (χ0) is 17.2. The summed E-state index contributed by atoms with van der Waals surface area (Å²) in [7, 11) is 2.16.